The lowest BCUT2D eigenvalue weighted by atomic mass is 10.1. The van der Waals surface area contributed by atoms with Crippen molar-refractivity contribution in [3.05, 3.63) is 42.0 Å². The summed E-state index contributed by atoms with van der Waals surface area (Å²) in [4.78, 5) is 5.14. The van der Waals surface area contributed by atoms with E-state index in [1.165, 1.54) is 44.5 Å². The smallest absolute Gasteiger partial charge is 0.0163 e. The highest BCUT2D eigenvalue weighted by molar-refractivity contribution is 5.48. The van der Waals surface area contributed by atoms with E-state index in [0.717, 1.165) is 18.5 Å². The predicted molar refractivity (Wildman–Crippen MR) is 85.7 cm³/mol. The number of rotatable bonds is 6. The highest BCUT2D eigenvalue weighted by Gasteiger charge is 2.37. The van der Waals surface area contributed by atoms with Crippen LogP contribution in [0.15, 0.2) is 36.4 Å². The van der Waals surface area contributed by atoms with Crippen LogP contribution in [0.1, 0.15) is 24.8 Å². The molecule has 0 amide bonds. The van der Waals surface area contributed by atoms with Crippen LogP contribution in [-0.2, 0) is 0 Å². The summed E-state index contributed by atoms with van der Waals surface area (Å²) in [5.41, 5.74) is 1.29. The van der Waals surface area contributed by atoms with Gasteiger partial charge < -0.3 is 4.90 Å². The van der Waals surface area contributed by atoms with Gasteiger partial charge in [0.15, 0.2) is 0 Å². The molecule has 0 radical (unpaired) electrons. The van der Waals surface area contributed by atoms with E-state index < -0.39 is 0 Å². The normalized spacial score (nSPS) is 26.1. The molecule has 2 heteroatoms. The maximum absolute atomic E-state index is 2.71. The Labute approximate surface area is 123 Å². The van der Waals surface area contributed by atoms with Gasteiger partial charge in [0.25, 0.3) is 0 Å². The molecule has 1 saturated carbocycles. The van der Waals surface area contributed by atoms with Crippen molar-refractivity contribution in [3.63, 3.8) is 0 Å². The number of hydrogen-bond donors (Lipinski definition) is 0. The molecule has 0 unspecified atom stereocenters. The molecule has 2 atom stereocenters. The minimum Gasteiger partial charge on any atom is -0.301 e. The van der Waals surface area contributed by atoms with Gasteiger partial charge >= 0.3 is 0 Å². The zero-order valence-electron chi connectivity index (χ0n) is 12.5. The molecule has 2 nitrogen and oxygen atoms in total. The van der Waals surface area contributed by atoms with Gasteiger partial charge in [-0.05, 0) is 37.8 Å². The maximum Gasteiger partial charge on any atom is 0.0163 e. The third-order valence-corrected chi connectivity index (χ3v) is 4.82. The number of benzene rings is 1. The van der Waals surface area contributed by atoms with Gasteiger partial charge in [-0.1, -0.05) is 42.5 Å². The van der Waals surface area contributed by atoms with Crippen LogP contribution in [0.3, 0.4) is 0 Å². The van der Waals surface area contributed by atoms with E-state index in [9.17, 15) is 0 Å². The van der Waals surface area contributed by atoms with Crippen LogP contribution in [-0.4, -0.2) is 49.1 Å². The molecule has 0 aromatic heterocycles. The van der Waals surface area contributed by atoms with E-state index in [0.29, 0.717) is 0 Å². The topological polar surface area (TPSA) is 6.48 Å². The Balaban J connectivity index is 1.37. The third-order valence-electron chi connectivity index (χ3n) is 4.82. The van der Waals surface area contributed by atoms with E-state index in [1.54, 1.807) is 0 Å². The first kappa shape index (κ1) is 13.8. The predicted octanol–water partition coefficient (Wildman–Crippen LogP) is 3.12. The number of fused-ring (bicyclic) bond motifs is 2. The van der Waals surface area contributed by atoms with Gasteiger partial charge in [-0.25, -0.2) is 0 Å². The van der Waals surface area contributed by atoms with Gasteiger partial charge in [0, 0.05) is 32.2 Å². The van der Waals surface area contributed by atoms with Crippen molar-refractivity contribution in [2.24, 2.45) is 5.92 Å². The number of likely N-dealkylation sites (tertiary alicyclic amines) is 1. The van der Waals surface area contributed by atoms with E-state index in [-0.39, 0.29) is 0 Å². The highest BCUT2D eigenvalue weighted by Crippen LogP contribution is 2.36. The first-order valence-electron chi connectivity index (χ1n) is 7.95. The van der Waals surface area contributed by atoms with Gasteiger partial charge in [-0.15, -0.1) is 0 Å². The highest BCUT2D eigenvalue weighted by atomic mass is 15.2. The Morgan fingerprint density at radius 2 is 2.10 bits per heavy atom. The Morgan fingerprint density at radius 3 is 2.80 bits per heavy atom. The standard InChI is InChI=1S/C18H26N2/c1-19(11-5-8-16-6-3-2-4-7-16)12-13-20-15-17-9-10-18(20)14-17/h2-8,17-18H,9-15H2,1H3/b8-5+/t17-,18+/m0/s1. The summed E-state index contributed by atoms with van der Waals surface area (Å²) in [6.45, 7) is 4.83. The molecule has 3 rings (SSSR count). The number of piperidine rings is 1. The van der Waals surface area contributed by atoms with E-state index in [2.05, 4.69) is 59.3 Å². The van der Waals surface area contributed by atoms with Crippen LogP contribution in [0, 0.1) is 5.92 Å². The largest absolute Gasteiger partial charge is 0.301 e. The molecule has 108 valence electrons. The Bertz CT molecular complexity index is 440. The number of nitrogens with zero attached hydrogens (tertiary/aromatic N) is 2. The van der Waals surface area contributed by atoms with Crippen LogP contribution in [0.2, 0.25) is 0 Å². The maximum atomic E-state index is 2.71. The van der Waals surface area contributed by atoms with Crippen molar-refractivity contribution in [1.82, 2.24) is 9.80 Å². The fourth-order valence-corrected chi connectivity index (χ4v) is 3.62. The van der Waals surface area contributed by atoms with Gasteiger partial charge in [-0.2, -0.15) is 0 Å². The van der Waals surface area contributed by atoms with Crippen molar-refractivity contribution in [2.45, 2.75) is 25.3 Å². The monoisotopic (exact) mass is 270 g/mol. The first-order chi connectivity index (χ1) is 9.81. The van der Waals surface area contributed by atoms with Crippen LogP contribution in [0.25, 0.3) is 6.08 Å². The van der Waals surface area contributed by atoms with Gasteiger partial charge in [-0.3, -0.25) is 4.90 Å². The summed E-state index contributed by atoms with van der Waals surface area (Å²) >= 11 is 0. The second kappa shape index (κ2) is 6.55. The molecule has 1 saturated heterocycles. The van der Waals surface area contributed by atoms with Crippen molar-refractivity contribution in [2.75, 3.05) is 33.2 Å². The minimum absolute atomic E-state index is 0.910. The van der Waals surface area contributed by atoms with Crippen molar-refractivity contribution < 1.29 is 0 Å². The molecule has 1 aromatic carbocycles. The molecule has 1 aliphatic heterocycles. The summed E-state index contributed by atoms with van der Waals surface area (Å²) in [6, 6.07) is 11.5. The van der Waals surface area contributed by atoms with Crippen LogP contribution < -0.4 is 0 Å². The SMILES string of the molecule is CN(C/C=C/c1ccccc1)CCN1C[C@H]2CC[C@@H]1C2. The van der Waals surface area contributed by atoms with E-state index in [1.807, 2.05) is 0 Å². The molecule has 0 N–H and O–H groups in total. The Kier molecular flexibility index (Phi) is 4.54. The quantitative estimate of drug-likeness (QED) is 0.783. The lowest BCUT2D eigenvalue weighted by molar-refractivity contribution is 0.189. The zero-order chi connectivity index (χ0) is 13.8. The Hall–Kier alpha value is -1.12. The molecule has 1 aliphatic carbocycles. The summed E-state index contributed by atoms with van der Waals surface area (Å²) in [6.07, 6.45) is 8.89. The minimum atomic E-state index is 0.910. The lowest BCUT2D eigenvalue weighted by Crippen LogP contribution is -2.38. The van der Waals surface area contributed by atoms with Crippen LogP contribution in [0.4, 0.5) is 0 Å². The molecule has 1 aromatic rings. The molecule has 2 fully saturated rings. The Morgan fingerprint density at radius 1 is 1.25 bits per heavy atom. The summed E-state index contributed by atoms with van der Waals surface area (Å²) in [5.74, 6) is 1.02. The van der Waals surface area contributed by atoms with Crippen molar-refractivity contribution in [1.29, 1.82) is 0 Å². The fourth-order valence-electron chi connectivity index (χ4n) is 3.62. The zero-order valence-corrected chi connectivity index (χ0v) is 12.5. The summed E-state index contributed by atoms with van der Waals surface area (Å²) < 4.78 is 0. The molecule has 1 heterocycles. The van der Waals surface area contributed by atoms with Gasteiger partial charge in [0.2, 0.25) is 0 Å². The lowest BCUT2D eigenvalue weighted by Gasteiger charge is -2.28. The number of hydrogen-bond acceptors (Lipinski definition) is 2. The molecular formula is C18H26N2. The second-order valence-electron chi connectivity index (χ2n) is 6.40. The van der Waals surface area contributed by atoms with Crippen LogP contribution in [0.5, 0.6) is 0 Å². The van der Waals surface area contributed by atoms with Crippen molar-refractivity contribution in [3.8, 4) is 0 Å². The van der Waals surface area contributed by atoms with E-state index in [4.69, 9.17) is 0 Å². The third kappa shape index (κ3) is 3.50. The van der Waals surface area contributed by atoms with Gasteiger partial charge in [0.05, 0.1) is 0 Å². The molecular weight excluding hydrogens is 244 g/mol. The fraction of sp³-hybridized carbons (Fsp3) is 0.556. The molecule has 2 aliphatic rings. The average Bonchev–Trinajstić information content (AvgIpc) is 3.09. The summed E-state index contributed by atoms with van der Waals surface area (Å²) in [5, 5.41) is 0. The molecule has 0 spiro atoms. The van der Waals surface area contributed by atoms with Crippen molar-refractivity contribution >= 4 is 6.08 Å². The van der Waals surface area contributed by atoms with E-state index >= 15 is 0 Å². The van der Waals surface area contributed by atoms with Gasteiger partial charge in [0.1, 0.15) is 0 Å². The molecule has 2 bridgehead atoms. The first-order valence-corrected chi connectivity index (χ1v) is 7.95. The van der Waals surface area contributed by atoms with Crippen LogP contribution >= 0.6 is 0 Å². The average molecular weight is 270 g/mol. The number of likely N-dealkylation sites (N-methyl/N-ethyl adjacent to an activating group) is 1. The second-order valence-corrected chi connectivity index (χ2v) is 6.40. The summed E-state index contributed by atoms with van der Waals surface area (Å²) in [7, 11) is 2.23. The molecule has 20 heavy (non-hydrogen) atoms.